The highest BCUT2D eigenvalue weighted by atomic mass is 16.1. The average molecular weight is 398 g/mol. The highest BCUT2D eigenvalue weighted by molar-refractivity contribution is 5.94. The molecule has 160 valence electrons. The molecule has 1 spiro atoms. The van der Waals surface area contributed by atoms with Crippen LogP contribution in [0.2, 0.25) is 0 Å². The first kappa shape index (κ1) is 20.7. The van der Waals surface area contributed by atoms with E-state index >= 15 is 0 Å². The molecule has 1 aromatic rings. The second kappa shape index (κ2) is 9.07. The van der Waals surface area contributed by atoms with E-state index in [1.165, 1.54) is 63.7 Å². The average Bonchev–Trinajstić information content (AvgIpc) is 2.69. The lowest BCUT2D eigenvalue weighted by atomic mass is 9.70. The van der Waals surface area contributed by atoms with Gasteiger partial charge in [-0.15, -0.1) is 0 Å². The first-order chi connectivity index (χ1) is 14.0. The Hall–Kier alpha value is -1.55. The van der Waals surface area contributed by atoms with E-state index in [1.54, 1.807) is 0 Å². The molecule has 29 heavy (non-hydrogen) atoms. The smallest absolute Gasteiger partial charge is 0.251 e. The number of nitrogens with zero attached hydrogens (tertiary/aromatic N) is 2. The van der Waals surface area contributed by atoms with Gasteiger partial charge in [-0.2, -0.15) is 0 Å². The maximum absolute atomic E-state index is 12.3. The molecule has 1 saturated carbocycles. The Balaban J connectivity index is 1.25. The molecule has 3 fully saturated rings. The summed E-state index contributed by atoms with van der Waals surface area (Å²) in [7, 11) is 0. The lowest BCUT2D eigenvalue weighted by molar-refractivity contribution is 0.0306. The van der Waals surface area contributed by atoms with Gasteiger partial charge in [-0.05, 0) is 93.6 Å². The Labute approximate surface area is 177 Å². The fraction of sp³-hybridized carbons (Fsp3) is 0.720. The highest BCUT2D eigenvalue weighted by Crippen LogP contribution is 2.43. The molecule has 0 radical (unpaired) electrons. The first-order valence-corrected chi connectivity index (χ1v) is 11.9. The molecule has 1 amide bonds. The molecule has 4 nitrogen and oxygen atoms in total. The maximum atomic E-state index is 12.3. The number of benzene rings is 1. The molecule has 2 aliphatic heterocycles. The normalized spacial score (nSPS) is 22.7. The number of carbonyl (C=O) groups is 1. The standard InChI is InChI=1S/C25H39N3O/c1-20(2)10-15-26-24(29)21-6-8-23(9-7-21)28-18-13-25(14-19-28)11-16-27(17-12-25)22-4-3-5-22/h6-9,20,22H,3-5,10-19H2,1-2H3,(H,26,29). The summed E-state index contributed by atoms with van der Waals surface area (Å²) in [6.45, 7) is 10.1. The summed E-state index contributed by atoms with van der Waals surface area (Å²) in [4.78, 5) is 17.6. The number of hydrogen-bond donors (Lipinski definition) is 1. The zero-order chi connectivity index (χ0) is 20.3. The zero-order valence-electron chi connectivity index (χ0n) is 18.5. The van der Waals surface area contributed by atoms with Gasteiger partial charge < -0.3 is 15.1 Å². The predicted octanol–water partition coefficient (Wildman–Crippen LogP) is 4.70. The van der Waals surface area contributed by atoms with Crippen LogP contribution in [0.4, 0.5) is 5.69 Å². The Morgan fingerprint density at radius 1 is 1.03 bits per heavy atom. The van der Waals surface area contributed by atoms with Crippen molar-refractivity contribution in [2.75, 3.05) is 37.6 Å². The summed E-state index contributed by atoms with van der Waals surface area (Å²) < 4.78 is 0. The minimum atomic E-state index is 0.0491. The molecule has 0 unspecified atom stereocenters. The minimum Gasteiger partial charge on any atom is -0.371 e. The number of piperidine rings is 2. The summed E-state index contributed by atoms with van der Waals surface area (Å²) in [5, 5.41) is 3.03. The number of carbonyl (C=O) groups excluding carboxylic acids is 1. The Morgan fingerprint density at radius 3 is 2.21 bits per heavy atom. The fourth-order valence-electron chi connectivity index (χ4n) is 5.25. The van der Waals surface area contributed by atoms with Crippen molar-refractivity contribution >= 4 is 11.6 Å². The molecular weight excluding hydrogens is 358 g/mol. The van der Waals surface area contributed by atoms with Crippen molar-refractivity contribution in [3.05, 3.63) is 29.8 Å². The van der Waals surface area contributed by atoms with Gasteiger partial charge in [0.15, 0.2) is 0 Å². The molecule has 4 heteroatoms. The molecule has 1 aromatic carbocycles. The van der Waals surface area contributed by atoms with Gasteiger partial charge in [0, 0.05) is 36.9 Å². The third-order valence-electron chi connectivity index (χ3n) is 7.78. The van der Waals surface area contributed by atoms with Gasteiger partial charge in [-0.1, -0.05) is 20.3 Å². The van der Waals surface area contributed by atoms with Crippen molar-refractivity contribution in [1.82, 2.24) is 10.2 Å². The molecule has 1 aliphatic carbocycles. The van der Waals surface area contributed by atoms with Crippen LogP contribution in [0, 0.1) is 11.3 Å². The molecule has 0 atom stereocenters. The van der Waals surface area contributed by atoms with E-state index < -0.39 is 0 Å². The van der Waals surface area contributed by atoms with Crippen molar-refractivity contribution in [2.24, 2.45) is 11.3 Å². The fourth-order valence-corrected chi connectivity index (χ4v) is 5.25. The van der Waals surface area contributed by atoms with Crippen LogP contribution in [0.25, 0.3) is 0 Å². The van der Waals surface area contributed by atoms with Crippen LogP contribution in [0.1, 0.15) is 75.6 Å². The number of hydrogen-bond acceptors (Lipinski definition) is 3. The van der Waals surface area contributed by atoms with E-state index in [0.717, 1.165) is 37.7 Å². The van der Waals surface area contributed by atoms with E-state index in [4.69, 9.17) is 0 Å². The van der Waals surface area contributed by atoms with Crippen LogP contribution in [-0.4, -0.2) is 49.6 Å². The number of anilines is 1. The third kappa shape index (κ3) is 4.96. The lowest BCUT2D eigenvalue weighted by Gasteiger charge is -2.50. The molecule has 1 N–H and O–H groups in total. The van der Waals surface area contributed by atoms with Gasteiger partial charge in [-0.25, -0.2) is 0 Å². The Bertz CT molecular complexity index is 662. The Kier molecular flexibility index (Phi) is 6.48. The van der Waals surface area contributed by atoms with E-state index in [-0.39, 0.29) is 5.91 Å². The number of amides is 1. The largest absolute Gasteiger partial charge is 0.371 e. The molecule has 4 rings (SSSR count). The summed E-state index contributed by atoms with van der Waals surface area (Å²) in [5.41, 5.74) is 2.63. The molecular formula is C25H39N3O. The van der Waals surface area contributed by atoms with Gasteiger partial charge >= 0.3 is 0 Å². The number of nitrogens with one attached hydrogen (secondary N) is 1. The van der Waals surface area contributed by atoms with Gasteiger partial charge in [0.2, 0.25) is 0 Å². The summed E-state index contributed by atoms with van der Waals surface area (Å²) in [6, 6.07) is 9.15. The van der Waals surface area contributed by atoms with Crippen molar-refractivity contribution < 1.29 is 4.79 Å². The number of rotatable bonds is 6. The van der Waals surface area contributed by atoms with E-state index in [2.05, 4.69) is 41.1 Å². The van der Waals surface area contributed by atoms with E-state index in [1.807, 2.05) is 12.1 Å². The minimum absolute atomic E-state index is 0.0491. The SMILES string of the molecule is CC(C)CCNC(=O)c1ccc(N2CCC3(CC2)CCN(C2CCC2)CC3)cc1. The summed E-state index contributed by atoms with van der Waals surface area (Å²) >= 11 is 0. The van der Waals surface area contributed by atoms with Crippen LogP contribution in [0.15, 0.2) is 24.3 Å². The topological polar surface area (TPSA) is 35.6 Å². The van der Waals surface area contributed by atoms with Gasteiger partial charge in [0.1, 0.15) is 0 Å². The van der Waals surface area contributed by atoms with Crippen LogP contribution in [0.5, 0.6) is 0 Å². The second-order valence-electron chi connectivity index (χ2n) is 10.1. The van der Waals surface area contributed by atoms with Gasteiger partial charge in [-0.3, -0.25) is 4.79 Å². The van der Waals surface area contributed by atoms with Crippen LogP contribution < -0.4 is 10.2 Å². The van der Waals surface area contributed by atoms with Crippen molar-refractivity contribution in [1.29, 1.82) is 0 Å². The number of likely N-dealkylation sites (tertiary alicyclic amines) is 1. The van der Waals surface area contributed by atoms with E-state index in [9.17, 15) is 4.79 Å². The monoisotopic (exact) mass is 397 g/mol. The molecule has 2 heterocycles. The third-order valence-corrected chi connectivity index (χ3v) is 7.78. The Morgan fingerprint density at radius 2 is 1.66 bits per heavy atom. The van der Waals surface area contributed by atoms with Gasteiger partial charge in [0.25, 0.3) is 5.91 Å². The zero-order valence-corrected chi connectivity index (χ0v) is 18.5. The molecule has 0 aromatic heterocycles. The highest BCUT2D eigenvalue weighted by Gasteiger charge is 2.39. The predicted molar refractivity (Wildman–Crippen MR) is 121 cm³/mol. The molecule has 3 aliphatic rings. The summed E-state index contributed by atoms with van der Waals surface area (Å²) in [6.07, 6.45) is 10.8. The lowest BCUT2D eigenvalue weighted by Crippen LogP contribution is -2.50. The van der Waals surface area contributed by atoms with Crippen LogP contribution in [-0.2, 0) is 0 Å². The van der Waals surface area contributed by atoms with Gasteiger partial charge in [0.05, 0.1) is 0 Å². The molecule has 2 saturated heterocycles. The van der Waals surface area contributed by atoms with Crippen molar-refractivity contribution in [3.63, 3.8) is 0 Å². The van der Waals surface area contributed by atoms with Crippen LogP contribution >= 0.6 is 0 Å². The van der Waals surface area contributed by atoms with Crippen molar-refractivity contribution in [2.45, 2.75) is 71.3 Å². The maximum Gasteiger partial charge on any atom is 0.251 e. The quantitative estimate of drug-likeness (QED) is 0.756. The summed E-state index contributed by atoms with van der Waals surface area (Å²) in [5.74, 6) is 0.665. The van der Waals surface area contributed by atoms with Crippen molar-refractivity contribution in [3.8, 4) is 0 Å². The second-order valence-corrected chi connectivity index (χ2v) is 10.1. The molecule has 0 bridgehead atoms. The van der Waals surface area contributed by atoms with E-state index in [0.29, 0.717) is 11.3 Å². The van der Waals surface area contributed by atoms with Crippen LogP contribution in [0.3, 0.4) is 0 Å². The first-order valence-electron chi connectivity index (χ1n) is 11.9.